The summed E-state index contributed by atoms with van der Waals surface area (Å²) in [6.45, 7) is 9.09. The molecule has 0 aromatic heterocycles. The maximum atomic E-state index is 3.72. The summed E-state index contributed by atoms with van der Waals surface area (Å²) < 4.78 is 0. The second-order valence-corrected chi connectivity index (χ2v) is 8.30. The topological polar surface area (TPSA) is 26.0 Å². The quantitative estimate of drug-likeness (QED) is 0.250. The van der Waals surface area contributed by atoms with Crippen LogP contribution < -0.4 is 10.3 Å². The molecule has 1 saturated heterocycles. The molecule has 0 aromatic carbocycles. The molecule has 1 rings (SSSR count). The molecule has 0 radical (unpaired) electrons. The highest BCUT2D eigenvalue weighted by molar-refractivity contribution is 8.77. The average Bonchev–Trinajstić information content (AvgIpc) is 3.01. The van der Waals surface area contributed by atoms with Gasteiger partial charge in [-0.1, -0.05) is 47.1 Å². The minimum absolute atomic E-state index is 0.948. The van der Waals surface area contributed by atoms with Crippen molar-refractivity contribution in [3.05, 3.63) is 24.3 Å². The summed E-state index contributed by atoms with van der Waals surface area (Å²) in [6.07, 6.45) is 14.1. The zero-order chi connectivity index (χ0) is 15.2. The Morgan fingerprint density at radius 2 is 2.14 bits per heavy atom. The van der Waals surface area contributed by atoms with E-state index >= 15 is 0 Å². The maximum Gasteiger partial charge on any atom is 0.161 e. The second kappa shape index (κ2) is 13.5. The third-order valence-corrected chi connectivity index (χ3v) is 6.57. The van der Waals surface area contributed by atoms with Gasteiger partial charge in [-0.2, -0.15) is 0 Å². The Bertz CT molecular complexity index is 321. The molecule has 0 spiro atoms. The number of hydrogen-bond acceptors (Lipinski definition) is 3. The maximum absolute atomic E-state index is 3.72. The number of rotatable bonds is 12. The average molecular weight is 328 g/mol. The lowest BCUT2D eigenvalue weighted by molar-refractivity contribution is -0.451. The van der Waals surface area contributed by atoms with Crippen LogP contribution in [0.1, 0.15) is 45.4 Å². The van der Waals surface area contributed by atoms with Gasteiger partial charge in [-0.15, -0.1) is 0 Å². The Hall–Kier alpha value is -0.190. The first-order valence-electron chi connectivity index (χ1n) is 8.18. The van der Waals surface area contributed by atoms with E-state index in [1.54, 1.807) is 0 Å². The van der Waals surface area contributed by atoms with Gasteiger partial charge in [-0.3, -0.25) is 0 Å². The van der Waals surface area contributed by atoms with Gasteiger partial charge in [0.1, 0.15) is 6.54 Å². The Morgan fingerprint density at radius 3 is 2.90 bits per heavy atom. The highest BCUT2D eigenvalue weighted by atomic mass is 33.1. The molecule has 4 heteroatoms. The van der Waals surface area contributed by atoms with E-state index in [1.807, 2.05) is 12.3 Å². The van der Waals surface area contributed by atoms with E-state index in [0.29, 0.717) is 0 Å². The monoisotopic (exact) mass is 327 g/mol. The molecule has 0 saturated carbocycles. The molecule has 2 N–H and O–H groups in total. The highest BCUT2D eigenvalue weighted by Crippen LogP contribution is 2.39. The summed E-state index contributed by atoms with van der Waals surface area (Å²) in [5.41, 5.74) is 1.19. The van der Waals surface area contributed by atoms with Crippen molar-refractivity contribution >= 4 is 27.8 Å². The van der Waals surface area contributed by atoms with Crippen LogP contribution in [-0.2, 0) is 0 Å². The Kier molecular flexibility index (Phi) is 12.1. The molecule has 0 bridgehead atoms. The highest BCUT2D eigenvalue weighted by Gasteiger charge is 2.15. The van der Waals surface area contributed by atoms with Crippen LogP contribution in [-0.4, -0.2) is 36.9 Å². The van der Waals surface area contributed by atoms with Gasteiger partial charge in [0.25, 0.3) is 0 Å². The van der Waals surface area contributed by atoms with Crippen molar-refractivity contribution in [2.45, 2.75) is 50.7 Å². The fraction of sp³-hybridized carbons (Fsp3) is 0.706. The number of allylic oxidation sites excluding steroid dienone is 3. The first kappa shape index (κ1) is 18.9. The van der Waals surface area contributed by atoms with E-state index in [2.05, 4.69) is 51.5 Å². The molecule has 0 amide bonds. The molecule has 1 fully saturated rings. The van der Waals surface area contributed by atoms with Crippen LogP contribution in [0.2, 0.25) is 0 Å². The van der Waals surface area contributed by atoms with Gasteiger partial charge >= 0.3 is 0 Å². The van der Waals surface area contributed by atoms with Crippen molar-refractivity contribution < 1.29 is 4.99 Å². The Morgan fingerprint density at radius 1 is 1.29 bits per heavy atom. The fourth-order valence-electron chi connectivity index (χ4n) is 2.15. The number of hydrogen-bond donors (Lipinski definition) is 2. The largest absolute Gasteiger partial charge is 0.316 e. The van der Waals surface area contributed by atoms with Gasteiger partial charge in [-0.05, 0) is 38.3 Å². The minimum Gasteiger partial charge on any atom is -0.316 e. The normalized spacial score (nSPS) is 19.5. The van der Waals surface area contributed by atoms with Gasteiger partial charge in [0, 0.05) is 30.0 Å². The molecule has 1 atom stereocenters. The van der Waals surface area contributed by atoms with E-state index in [1.165, 1.54) is 56.4 Å². The number of nitrogens with one attached hydrogen (secondary N) is 2. The SMILES string of the molecule is C=C/C(C)=C\C=[NH+]CCCNCCCCCC1CCSS1. The van der Waals surface area contributed by atoms with Crippen LogP contribution in [0, 0.1) is 0 Å². The molecule has 1 aliphatic rings. The van der Waals surface area contributed by atoms with Crippen LogP contribution >= 0.6 is 21.6 Å². The van der Waals surface area contributed by atoms with Crippen molar-refractivity contribution in [3.63, 3.8) is 0 Å². The van der Waals surface area contributed by atoms with Crippen molar-refractivity contribution in [2.24, 2.45) is 0 Å². The third-order valence-electron chi connectivity index (χ3n) is 3.57. The van der Waals surface area contributed by atoms with Crippen LogP contribution in [0.5, 0.6) is 0 Å². The molecule has 1 unspecified atom stereocenters. The standard InChI is InChI=1S/C17H30N2S2/c1-3-16(2)9-14-19-13-7-12-18-11-6-4-5-8-17-10-15-20-21-17/h3,9,14,17-18H,1,4-8,10-13,15H2,2H3/p+1/b16-9-,19-14?. The van der Waals surface area contributed by atoms with Crippen LogP contribution in [0.25, 0.3) is 0 Å². The first-order chi connectivity index (χ1) is 10.3. The zero-order valence-corrected chi connectivity index (χ0v) is 15.0. The van der Waals surface area contributed by atoms with Gasteiger partial charge in [0.2, 0.25) is 0 Å². The summed E-state index contributed by atoms with van der Waals surface area (Å²) in [7, 11) is 4.16. The molecule has 21 heavy (non-hydrogen) atoms. The fourth-order valence-corrected chi connectivity index (χ4v) is 5.17. The predicted octanol–water partition coefficient (Wildman–Crippen LogP) is 2.96. The van der Waals surface area contributed by atoms with Crippen LogP contribution in [0.15, 0.2) is 24.3 Å². The second-order valence-electron chi connectivity index (χ2n) is 5.52. The molecular weight excluding hydrogens is 296 g/mol. The Labute approximate surface area is 138 Å². The van der Waals surface area contributed by atoms with Crippen molar-refractivity contribution in [1.29, 1.82) is 0 Å². The lowest BCUT2D eigenvalue weighted by Gasteiger charge is -2.07. The molecule has 1 heterocycles. The van der Waals surface area contributed by atoms with E-state index < -0.39 is 0 Å². The summed E-state index contributed by atoms with van der Waals surface area (Å²) in [6, 6.07) is 0. The van der Waals surface area contributed by atoms with Crippen molar-refractivity contribution in [3.8, 4) is 0 Å². The van der Waals surface area contributed by atoms with Gasteiger partial charge in [0.05, 0.1) is 0 Å². The smallest absolute Gasteiger partial charge is 0.161 e. The summed E-state index contributed by atoms with van der Waals surface area (Å²) in [4.78, 5) is 3.30. The van der Waals surface area contributed by atoms with Gasteiger partial charge < -0.3 is 5.32 Å². The van der Waals surface area contributed by atoms with E-state index in [-0.39, 0.29) is 0 Å². The van der Waals surface area contributed by atoms with E-state index in [9.17, 15) is 0 Å². The summed E-state index contributed by atoms with van der Waals surface area (Å²) in [5, 5.41) is 4.48. The van der Waals surface area contributed by atoms with Gasteiger partial charge in [-0.25, -0.2) is 4.99 Å². The third kappa shape index (κ3) is 11.1. The minimum atomic E-state index is 0.948. The molecule has 1 aliphatic heterocycles. The predicted molar refractivity (Wildman–Crippen MR) is 100 cm³/mol. The number of unbranched alkanes of at least 4 members (excludes halogenated alkanes) is 2. The lowest BCUT2D eigenvalue weighted by atomic mass is 10.1. The summed E-state index contributed by atoms with van der Waals surface area (Å²) >= 11 is 0. The van der Waals surface area contributed by atoms with E-state index in [4.69, 9.17) is 0 Å². The Balaban J connectivity index is 1.79. The molecule has 2 nitrogen and oxygen atoms in total. The van der Waals surface area contributed by atoms with Crippen LogP contribution in [0.3, 0.4) is 0 Å². The van der Waals surface area contributed by atoms with E-state index in [0.717, 1.165) is 18.3 Å². The zero-order valence-electron chi connectivity index (χ0n) is 13.4. The molecule has 0 aliphatic carbocycles. The van der Waals surface area contributed by atoms with Crippen molar-refractivity contribution in [1.82, 2.24) is 5.32 Å². The van der Waals surface area contributed by atoms with Crippen LogP contribution in [0.4, 0.5) is 0 Å². The van der Waals surface area contributed by atoms with Gasteiger partial charge in [0.15, 0.2) is 6.21 Å². The molecule has 0 aromatic rings. The lowest BCUT2D eigenvalue weighted by Crippen LogP contribution is -2.69. The molecule has 120 valence electrons. The first-order valence-corrected chi connectivity index (χ1v) is 10.6. The molecular formula is C17H31N2S2+. The summed E-state index contributed by atoms with van der Waals surface area (Å²) in [5.74, 6) is 1.37. The van der Waals surface area contributed by atoms with Crippen molar-refractivity contribution in [2.75, 3.05) is 25.4 Å².